The van der Waals surface area contributed by atoms with Gasteiger partial charge in [-0.2, -0.15) is 0 Å². The van der Waals surface area contributed by atoms with Crippen LogP contribution < -0.4 is 4.74 Å². The lowest BCUT2D eigenvalue weighted by Crippen LogP contribution is -2.10. The van der Waals surface area contributed by atoms with Crippen molar-refractivity contribution in [1.82, 2.24) is 0 Å². The summed E-state index contributed by atoms with van der Waals surface area (Å²) in [5, 5.41) is 8.79. The maximum Gasteiger partial charge on any atom is 0.180 e. The van der Waals surface area contributed by atoms with Crippen molar-refractivity contribution in [2.45, 2.75) is 4.90 Å². The quantitative estimate of drug-likeness (QED) is 0.903. The molecule has 0 radical (unpaired) electrons. The van der Waals surface area contributed by atoms with Crippen molar-refractivity contribution < 1.29 is 22.7 Å². The first kappa shape index (κ1) is 13.6. The standard InChI is InChI=1S/C13H14O5S/c1-17-12-5-4-10(19(15,16)8-6-14)9-11(12)13-3-2-7-18-13/h2-5,7,9,14H,6,8H2,1H3. The van der Waals surface area contributed by atoms with Crippen LogP contribution in [0.5, 0.6) is 5.75 Å². The van der Waals surface area contributed by atoms with E-state index >= 15 is 0 Å². The SMILES string of the molecule is COc1ccc(S(=O)(=O)CCO)cc1-c1ccco1. The fourth-order valence-electron chi connectivity index (χ4n) is 1.74. The van der Waals surface area contributed by atoms with Crippen molar-refractivity contribution in [3.63, 3.8) is 0 Å². The monoisotopic (exact) mass is 282 g/mol. The van der Waals surface area contributed by atoms with Gasteiger partial charge >= 0.3 is 0 Å². The predicted molar refractivity (Wildman–Crippen MR) is 69.8 cm³/mol. The van der Waals surface area contributed by atoms with Crippen LogP contribution in [0, 0.1) is 0 Å². The summed E-state index contributed by atoms with van der Waals surface area (Å²) in [6, 6.07) is 7.95. The molecule has 0 aliphatic carbocycles. The minimum atomic E-state index is -3.50. The van der Waals surface area contributed by atoms with Gasteiger partial charge in [0, 0.05) is 0 Å². The van der Waals surface area contributed by atoms with Gasteiger partial charge in [-0.05, 0) is 30.3 Å². The maximum atomic E-state index is 11.9. The predicted octanol–water partition coefficient (Wildman–Crippen LogP) is 1.72. The topological polar surface area (TPSA) is 76.7 Å². The molecule has 1 aromatic heterocycles. The van der Waals surface area contributed by atoms with E-state index in [4.69, 9.17) is 14.3 Å². The number of ether oxygens (including phenoxy) is 1. The summed E-state index contributed by atoms with van der Waals surface area (Å²) < 4.78 is 34.3. The Labute approximate surface area is 111 Å². The Bertz CT molecular complexity index is 644. The summed E-state index contributed by atoms with van der Waals surface area (Å²) in [6.45, 7) is -0.412. The van der Waals surface area contributed by atoms with Gasteiger partial charge in [0.2, 0.25) is 0 Å². The Morgan fingerprint density at radius 3 is 2.68 bits per heavy atom. The molecule has 1 aromatic carbocycles. The van der Waals surface area contributed by atoms with Crippen LogP contribution in [0.25, 0.3) is 11.3 Å². The molecule has 0 aliphatic heterocycles. The van der Waals surface area contributed by atoms with Gasteiger partial charge in [-0.25, -0.2) is 8.42 Å². The van der Waals surface area contributed by atoms with E-state index in [2.05, 4.69) is 0 Å². The largest absolute Gasteiger partial charge is 0.496 e. The van der Waals surface area contributed by atoms with Crippen molar-refractivity contribution >= 4 is 9.84 Å². The third-order valence-corrected chi connectivity index (χ3v) is 4.37. The van der Waals surface area contributed by atoms with Gasteiger partial charge in [0.25, 0.3) is 0 Å². The molecule has 0 bridgehead atoms. The van der Waals surface area contributed by atoms with E-state index in [1.54, 1.807) is 18.2 Å². The zero-order valence-electron chi connectivity index (χ0n) is 10.4. The Balaban J connectivity index is 2.54. The third-order valence-electron chi connectivity index (χ3n) is 2.68. The minimum Gasteiger partial charge on any atom is -0.496 e. The molecule has 6 heteroatoms. The summed E-state index contributed by atoms with van der Waals surface area (Å²) in [7, 11) is -1.99. The molecule has 0 fully saturated rings. The smallest absolute Gasteiger partial charge is 0.180 e. The van der Waals surface area contributed by atoms with Crippen molar-refractivity contribution in [2.24, 2.45) is 0 Å². The lowest BCUT2D eigenvalue weighted by atomic mass is 10.1. The molecule has 0 saturated carbocycles. The van der Waals surface area contributed by atoms with Gasteiger partial charge in [0.1, 0.15) is 11.5 Å². The van der Waals surface area contributed by atoms with Gasteiger partial charge in [-0.1, -0.05) is 0 Å². The Kier molecular flexibility index (Phi) is 3.92. The number of aliphatic hydroxyl groups is 1. The molecule has 1 heterocycles. The summed E-state index contributed by atoms with van der Waals surface area (Å²) >= 11 is 0. The molecule has 19 heavy (non-hydrogen) atoms. The average molecular weight is 282 g/mol. The van der Waals surface area contributed by atoms with Gasteiger partial charge in [0.05, 0.1) is 36.2 Å². The fraction of sp³-hybridized carbons (Fsp3) is 0.231. The molecule has 0 saturated heterocycles. The number of sulfone groups is 1. The second-order valence-electron chi connectivity index (χ2n) is 3.88. The fourth-order valence-corrected chi connectivity index (χ4v) is 2.79. The molecular formula is C13H14O5S. The lowest BCUT2D eigenvalue weighted by Gasteiger charge is -2.09. The maximum absolute atomic E-state index is 11.9. The number of hydrogen-bond acceptors (Lipinski definition) is 5. The summed E-state index contributed by atoms with van der Waals surface area (Å²) in [5.74, 6) is 0.743. The summed E-state index contributed by atoms with van der Waals surface area (Å²) in [6.07, 6.45) is 1.50. The summed E-state index contributed by atoms with van der Waals surface area (Å²) in [5.41, 5.74) is 0.562. The number of rotatable bonds is 5. The second-order valence-corrected chi connectivity index (χ2v) is 5.99. The highest BCUT2D eigenvalue weighted by Crippen LogP contribution is 2.32. The normalized spacial score (nSPS) is 11.5. The molecule has 0 atom stereocenters. The molecule has 1 N–H and O–H groups in total. The van der Waals surface area contributed by atoms with Crippen LogP contribution in [0.1, 0.15) is 0 Å². The van der Waals surface area contributed by atoms with E-state index in [1.807, 2.05) is 0 Å². The van der Waals surface area contributed by atoms with Crippen LogP contribution in [0.4, 0.5) is 0 Å². The van der Waals surface area contributed by atoms with E-state index in [9.17, 15) is 8.42 Å². The van der Waals surface area contributed by atoms with Crippen LogP contribution >= 0.6 is 0 Å². The number of aliphatic hydroxyl groups excluding tert-OH is 1. The second kappa shape index (κ2) is 5.46. The molecule has 0 aliphatic rings. The molecular weight excluding hydrogens is 268 g/mol. The van der Waals surface area contributed by atoms with Gasteiger partial charge in [-0.3, -0.25) is 0 Å². The van der Waals surface area contributed by atoms with E-state index in [0.29, 0.717) is 17.1 Å². The van der Waals surface area contributed by atoms with E-state index in [0.717, 1.165) is 0 Å². The highest BCUT2D eigenvalue weighted by Gasteiger charge is 2.17. The lowest BCUT2D eigenvalue weighted by molar-refractivity contribution is 0.319. The van der Waals surface area contributed by atoms with Crippen molar-refractivity contribution in [2.75, 3.05) is 19.5 Å². The molecule has 0 unspecified atom stereocenters. The molecule has 2 aromatic rings. The van der Waals surface area contributed by atoms with Crippen LogP contribution in [-0.4, -0.2) is 33.0 Å². The molecule has 5 nitrogen and oxygen atoms in total. The first-order valence-corrected chi connectivity index (χ1v) is 7.29. The van der Waals surface area contributed by atoms with Crippen LogP contribution in [0.15, 0.2) is 45.9 Å². The molecule has 2 rings (SSSR count). The first-order valence-electron chi connectivity index (χ1n) is 5.64. The van der Waals surface area contributed by atoms with Crippen LogP contribution in [-0.2, 0) is 9.84 Å². The van der Waals surface area contributed by atoms with Gasteiger partial charge in [-0.15, -0.1) is 0 Å². The zero-order chi connectivity index (χ0) is 13.9. The first-order chi connectivity index (χ1) is 9.08. The van der Waals surface area contributed by atoms with Crippen LogP contribution in [0.3, 0.4) is 0 Å². The van der Waals surface area contributed by atoms with Gasteiger partial charge < -0.3 is 14.3 Å². The Morgan fingerprint density at radius 1 is 1.32 bits per heavy atom. The number of methoxy groups -OCH3 is 1. The van der Waals surface area contributed by atoms with Crippen molar-refractivity contribution in [3.05, 3.63) is 36.6 Å². The zero-order valence-corrected chi connectivity index (χ0v) is 11.2. The van der Waals surface area contributed by atoms with Crippen molar-refractivity contribution in [3.8, 4) is 17.1 Å². The highest BCUT2D eigenvalue weighted by atomic mass is 32.2. The molecule has 0 amide bonds. The summed E-state index contributed by atoms with van der Waals surface area (Å²) in [4.78, 5) is 0.133. The van der Waals surface area contributed by atoms with Gasteiger partial charge in [0.15, 0.2) is 9.84 Å². The van der Waals surface area contributed by atoms with E-state index in [-0.39, 0.29) is 10.6 Å². The van der Waals surface area contributed by atoms with E-state index in [1.165, 1.54) is 25.5 Å². The van der Waals surface area contributed by atoms with Crippen LogP contribution in [0.2, 0.25) is 0 Å². The highest BCUT2D eigenvalue weighted by molar-refractivity contribution is 7.91. The van der Waals surface area contributed by atoms with E-state index < -0.39 is 16.4 Å². The molecule has 102 valence electrons. The Morgan fingerprint density at radius 2 is 2.11 bits per heavy atom. The number of furan rings is 1. The molecule has 0 spiro atoms. The number of hydrogen-bond donors (Lipinski definition) is 1. The number of benzene rings is 1. The Hall–Kier alpha value is -1.79. The van der Waals surface area contributed by atoms with Crippen molar-refractivity contribution in [1.29, 1.82) is 0 Å². The average Bonchev–Trinajstić information content (AvgIpc) is 2.91. The third kappa shape index (κ3) is 2.80. The minimum absolute atomic E-state index is 0.133.